The highest BCUT2D eigenvalue weighted by molar-refractivity contribution is 5.46. The second-order valence-electron chi connectivity index (χ2n) is 5.93. The number of hydrogen-bond acceptors (Lipinski definition) is 4. The van der Waals surface area contributed by atoms with Crippen LogP contribution in [0.3, 0.4) is 0 Å². The van der Waals surface area contributed by atoms with E-state index in [4.69, 9.17) is 0 Å². The van der Waals surface area contributed by atoms with Crippen LogP contribution in [0.5, 0.6) is 0 Å². The predicted molar refractivity (Wildman–Crippen MR) is 76.1 cm³/mol. The molecule has 0 amide bonds. The molecule has 3 rings (SSSR count). The fourth-order valence-corrected chi connectivity index (χ4v) is 3.44. The first-order valence-corrected chi connectivity index (χ1v) is 7.25. The molecule has 4 atom stereocenters. The van der Waals surface area contributed by atoms with Crippen LogP contribution in [0.4, 0.5) is 5.69 Å². The van der Waals surface area contributed by atoms with Gasteiger partial charge in [0.15, 0.2) is 0 Å². The number of aliphatic hydroxyl groups excluding tert-OH is 1. The van der Waals surface area contributed by atoms with Gasteiger partial charge in [0, 0.05) is 25.0 Å². The van der Waals surface area contributed by atoms with Gasteiger partial charge in [0.2, 0.25) is 0 Å². The normalized spacial score (nSPS) is 31.5. The van der Waals surface area contributed by atoms with Crippen LogP contribution in [0.2, 0.25) is 0 Å². The zero-order valence-corrected chi connectivity index (χ0v) is 11.7. The third-order valence-electron chi connectivity index (χ3n) is 4.83. The highest BCUT2D eigenvalue weighted by atomic mass is 16.3. The van der Waals surface area contributed by atoms with Gasteiger partial charge < -0.3 is 15.3 Å². The fraction of sp³-hybridized carbons (Fsp3) is 0.667. The van der Waals surface area contributed by atoms with Gasteiger partial charge in [-0.2, -0.15) is 0 Å². The Labute approximate surface area is 114 Å². The minimum Gasteiger partial charge on any atom is -0.393 e. The van der Waals surface area contributed by atoms with Crippen molar-refractivity contribution in [3.63, 3.8) is 0 Å². The van der Waals surface area contributed by atoms with Gasteiger partial charge >= 0.3 is 0 Å². The summed E-state index contributed by atoms with van der Waals surface area (Å²) in [6.07, 6.45) is 4.04. The van der Waals surface area contributed by atoms with Gasteiger partial charge in [-0.05, 0) is 44.9 Å². The van der Waals surface area contributed by atoms with Crippen LogP contribution in [0.1, 0.15) is 31.5 Å². The SMILES string of the molecule is CNC(C)c1ccc(N2CC3CCC(O)C3C2)cn1. The van der Waals surface area contributed by atoms with Crippen molar-refractivity contribution in [1.29, 1.82) is 0 Å². The van der Waals surface area contributed by atoms with Crippen molar-refractivity contribution in [2.75, 3.05) is 25.0 Å². The highest BCUT2D eigenvalue weighted by Gasteiger charge is 2.41. The summed E-state index contributed by atoms with van der Waals surface area (Å²) in [5.74, 6) is 1.14. The van der Waals surface area contributed by atoms with Crippen molar-refractivity contribution in [2.45, 2.75) is 31.9 Å². The van der Waals surface area contributed by atoms with Crippen LogP contribution in [0.25, 0.3) is 0 Å². The molecule has 4 heteroatoms. The summed E-state index contributed by atoms with van der Waals surface area (Å²) < 4.78 is 0. The van der Waals surface area contributed by atoms with Crippen molar-refractivity contribution in [3.05, 3.63) is 24.0 Å². The molecule has 4 nitrogen and oxygen atoms in total. The Kier molecular flexibility index (Phi) is 3.46. The largest absolute Gasteiger partial charge is 0.393 e. The van der Waals surface area contributed by atoms with Gasteiger partial charge in [0.1, 0.15) is 0 Å². The maximum Gasteiger partial charge on any atom is 0.0588 e. The molecule has 2 aliphatic rings. The molecule has 1 aliphatic heterocycles. The lowest BCUT2D eigenvalue weighted by molar-refractivity contribution is 0.133. The Morgan fingerprint density at radius 2 is 2.21 bits per heavy atom. The number of aromatic nitrogens is 1. The molecule has 1 aliphatic carbocycles. The van der Waals surface area contributed by atoms with Crippen LogP contribution in [-0.4, -0.2) is 36.3 Å². The van der Waals surface area contributed by atoms with Crippen molar-refractivity contribution in [1.82, 2.24) is 10.3 Å². The third-order valence-corrected chi connectivity index (χ3v) is 4.83. The van der Waals surface area contributed by atoms with E-state index >= 15 is 0 Å². The maximum atomic E-state index is 9.96. The molecule has 19 heavy (non-hydrogen) atoms. The summed E-state index contributed by atoms with van der Waals surface area (Å²) in [7, 11) is 1.95. The quantitative estimate of drug-likeness (QED) is 0.867. The Bertz CT molecular complexity index is 434. The number of fused-ring (bicyclic) bond motifs is 1. The molecule has 1 saturated carbocycles. The molecule has 0 bridgehead atoms. The molecule has 4 unspecified atom stereocenters. The van der Waals surface area contributed by atoms with Crippen molar-refractivity contribution >= 4 is 5.69 Å². The molecule has 0 radical (unpaired) electrons. The second kappa shape index (κ2) is 5.10. The average molecular weight is 261 g/mol. The maximum absolute atomic E-state index is 9.96. The zero-order chi connectivity index (χ0) is 13.4. The highest BCUT2D eigenvalue weighted by Crippen LogP contribution is 2.39. The van der Waals surface area contributed by atoms with E-state index in [-0.39, 0.29) is 12.1 Å². The molecule has 1 aromatic heterocycles. The fourth-order valence-electron chi connectivity index (χ4n) is 3.44. The molecule has 2 fully saturated rings. The minimum atomic E-state index is -0.0912. The van der Waals surface area contributed by atoms with Crippen LogP contribution < -0.4 is 10.2 Å². The van der Waals surface area contributed by atoms with E-state index in [0.717, 1.165) is 25.2 Å². The molecule has 2 heterocycles. The van der Waals surface area contributed by atoms with E-state index in [2.05, 4.69) is 34.3 Å². The van der Waals surface area contributed by atoms with Gasteiger partial charge in [-0.25, -0.2) is 0 Å². The molecular formula is C15H23N3O. The third kappa shape index (κ3) is 2.35. The van der Waals surface area contributed by atoms with E-state index in [1.54, 1.807) is 0 Å². The number of nitrogens with zero attached hydrogens (tertiary/aromatic N) is 2. The summed E-state index contributed by atoms with van der Waals surface area (Å²) >= 11 is 0. The smallest absolute Gasteiger partial charge is 0.0588 e. The number of anilines is 1. The van der Waals surface area contributed by atoms with Crippen LogP contribution in [0, 0.1) is 11.8 Å². The lowest BCUT2D eigenvalue weighted by Crippen LogP contribution is -2.24. The Morgan fingerprint density at radius 1 is 1.37 bits per heavy atom. The summed E-state index contributed by atoms with van der Waals surface area (Å²) in [5, 5.41) is 13.2. The number of pyridine rings is 1. The molecule has 0 spiro atoms. The lowest BCUT2D eigenvalue weighted by atomic mass is 10.00. The summed E-state index contributed by atoms with van der Waals surface area (Å²) in [6.45, 7) is 4.16. The zero-order valence-electron chi connectivity index (χ0n) is 11.7. The standard InChI is InChI=1S/C15H23N3O/c1-10(16-2)14-5-4-12(7-17-14)18-8-11-3-6-15(19)13(11)9-18/h4-5,7,10-11,13,15-16,19H,3,6,8-9H2,1-2H3. The second-order valence-corrected chi connectivity index (χ2v) is 5.93. The van der Waals surface area contributed by atoms with E-state index in [0.29, 0.717) is 11.8 Å². The Morgan fingerprint density at radius 3 is 2.84 bits per heavy atom. The predicted octanol–water partition coefficient (Wildman–Crippen LogP) is 1.57. The average Bonchev–Trinajstić information content (AvgIpc) is 3.01. The lowest BCUT2D eigenvalue weighted by Gasteiger charge is -2.21. The van der Waals surface area contributed by atoms with Gasteiger partial charge in [-0.15, -0.1) is 0 Å². The summed E-state index contributed by atoms with van der Waals surface area (Å²) in [4.78, 5) is 6.91. The van der Waals surface area contributed by atoms with Gasteiger partial charge in [0.05, 0.1) is 23.7 Å². The van der Waals surface area contributed by atoms with Crippen LogP contribution in [0.15, 0.2) is 18.3 Å². The van der Waals surface area contributed by atoms with E-state index in [9.17, 15) is 5.11 Å². The molecular weight excluding hydrogens is 238 g/mol. The number of aliphatic hydroxyl groups is 1. The van der Waals surface area contributed by atoms with E-state index < -0.39 is 0 Å². The number of nitrogens with one attached hydrogen (secondary N) is 1. The van der Waals surface area contributed by atoms with Crippen molar-refractivity contribution < 1.29 is 5.11 Å². The Balaban J connectivity index is 1.70. The van der Waals surface area contributed by atoms with Crippen LogP contribution in [-0.2, 0) is 0 Å². The van der Waals surface area contributed by atoms with Crippen molar-refractivity contribution in [2.24, 2.45) is 11.8 Å². The first-order valence-electron chi connectivity index (χ1n) is 7.25. The minimum absolute atomic E-state index is 0.0912. The van der Waals surface area contributed by atoms with E-state index in [1.807, 2.05) is 13.2 Å². The molecule has 1 aromatic rings. The first-order chi connectivity index (χ1) is 9.19. The number of rotatable bonds is 3. The van der Waals surface area contributed by atoms with Gasteiger partial charge in [-0.1, -0.05) is 0 Å². The van der Waals surface area contributed by atoms with Crippen molar-refractivity contribution in [3.8, 4) is 0 Å². The molecule has 1 saturated heterocycles. The summed E-state index contributed by atoms with van der Waals surface area (Å²) in [5.41, 5.74) is 2.26. The molecule has 0 aromatic carbocycles. The van der Waals surface area contributed by atoms with Crippen LogP contribution >= 0.6 is 0 Å². The topological polar surface area (TPSA) is 48.4 Å². The first kappa shape index (κ1) is 12.9. The van der Waals surface area contributed by atoms with Gasteiger partial charge in [0.25, 0.3) is 0 Å². The number of hydrogen-bond donors (Lipinski definition) is 2. The van der Waals surface area contributed by atoms with E-state index in [1.165, 1.54) is 12.1 Å². The molecule has 104 valence electrons. The molecule has 2 N–H and O–H groups in total. The van der Waals surface area contributed by atoms with Gasteiger partial charge in [-0.3, -0.25) is 4.98 Å². The summed E-state index contributed by atoms with van der Waals surface area (Å²) in [6, 6.07) is 4.54. The monoisotopic (exact) mass is 261 g/mol. The Hall–Kier alpha value is -1.13.